The van der Waals surface area contributed by atoms with Crippen molar-refractivity contribution in [1.29, 1.82) is 0 Å². The van der Waals surface area contributed by atoms with E-state index in [1.54, 1.807) is 6.92 Å². The van der Waals surface area contributed by atoms with Crippen LogP contribution in [0.1, 0.15) is 24.8 Å². The zero-order valence-electron chi connectivity index (χ0n) is 10.1. The molecule has 0 bridgehead atoms. The van der Waals surface area contributed by atoms with Gasteiger partial charge in [-0.05, 0) is 30.5 Å². The van der Waals surface area contributed by atoms with Crippen LogP contribution in [0.5, 0.6) is 0 Å². The number of amides is 1. The van der Waals surface area contributed by atoms with Crippen LogP contribution in [0, 0.1) is 5.92 Å². The van der Waals surface area contributed by atoms with E-state index in [0.717, 1.165) is 31.7 Å². The Kier molecular flexibility index (Phi) is 2.63. The highest BCUT2D eigenvalue weighted by molar-refractivity contribution is 5.92. The van der Waals surface area contributed by atoms with E-state index < -0.39 is 0 Å². The number of benzene rings is 1. The van der Waals surface area contributed by atoms with E-state index in [-0.39, 0.29) is 5.91 Å². The predicted molar refractivity (Wildman–Crippen MR) is 68.2 cm³/mol. The monoisotopic (exact) mass is 230 g/mol. The fourth-order valence-corrected chi connectivity index (χ4v) is 3.19. The van der Waals surface area contributed by atoms with Gasteiger partial charge >= 0.3 is 0 Å². The fourth-order valence-electron chi connectivity index (χ4n) is 3.19. The highest BCUT2D eigenvalue weighted by Gasteiger charge is 2.34. The molecule has 1 amide bonds. The first-order valence-corrected chi connectivity index (χ1v) is 6.35. The third kappa shape index (κ3) is 1.75. The van der Waals surface area contributed by atoms with Crippen LogP contribution in [-0.4, -0.2) is 25.5 Å². The third-order valence-corrected chi connectivity index (χ3v) is 4.07. The Bertz CT molecular complexity index is 444. The lowest BCUT2D eigenvalue weighted by Gasteiger charge is -2.22. The second kappa shape index (κ2) is 4.15. The van der Waals surface area contributed by atoms with Gasteiger partial charge in [0.25, 0.3) is 0 Å². The molecule has 90 valence electrons. The van der Waals surface area contributed by atoms with Gasteiger partial charge in [0.05, 0.1) is 0 Å². The minimum absolute atomic E-state index is 0.158. The molecule has 3 heteroatoms. The van der Waals surface area contributed by atoms with Crippen molar-refractivity contribution in [2.24, 2.45) is 5.92 Å². The molecule has 0 saturated carbocycles. The first-order chi connectivity index (χ1) is 8.27. The van der Waals surface area contributed by atoms with Crippen molar-refractivity contribution in [2.75, 3.05) is 24.5 Å². The summed E-state index contributed by atoms with van der Waals surface area (Å²) in [6.45, 7) is 4.66. The quantitative estimate of drug-likeness (QED) is 0.736. The van der Waals surface area contributed by atoms with Gasteiger partial charge < -0.3 is 10.2 Å². The van der Waals surface area contributed by atoms with E-state index >= 15 is 0 Å². The zero-order chi connectivity index (χ0) is 11.8. The van der Waals surface area contributed by atoms with Gasteiger partial charge in [0.2, 0.25) is 5.91 Å². The Morgan fingerprint density at radius 3 is 3.00 bits per heavy atom. The first kappa shape index (κ1) is 10.8. The molecule has 3 rings (SSSR count). The number of carbonyl (C=O) groups is 1. The predicted octanol–water partition coefficient (Wildman–Crippen LogP) is 1.75. The van der Waals surface area contributed by atoms with Crippen molar-refractivity contribution in [1.82, 2.24) is 5.32 Å². The van der Waals surface area contributed by atoms with Crippen LogP contribution in [0.15, 0.2) is 24.3 Å². The number of hydrogen-bond acceptors (Lipinski definition) is 2. The molecule has 2 heterocycles. The van der Waals surface area contributed by atoms with Crippen molar-refractivity contribution in [2.45, 2.75) is 19.3 Å². The summed E-state index contributed by atoms with van der Waals surface area (Å²) in [5.74, 6) is 1.42. The van der Waals surface area contributed by atoms with Gasteiger partial charge in [-0.25, -0.2) is 0 Å². The molecular weight excluding hydrogens is 212 g/mol. The summed E-state index contributed by atoms with van der Waals surface area (Å²) in [6.07, 6.45) is 1.10. The van der Waals surface area contributed by atoms with Crippen molar-refractivity contribution in [3.8, 4) is 0 Å². The number of nitrogens with zero attached hydrogens (tertiary/aromatic N) is 1. The van der Waals surface area contributed by atoms with Crippen LogP contribution in [0.3, 0.4) is 0 Å². The minimum Gasteiger partial charge on any atom is -0.316 e. The molecule has 1 fully saturated rings. The number of carbonyl (C=O) groups excluding carboxylic acids is 1. The number of hydrogen-bond donors (Lipinski definition) is 1. The van der Waals surface area contributed by atoms with E-state index in [9.17, 15) is 4.79 Å². The molecule has 1 N–H and O–H groups in total. The molecular formula is C14H18N2O. The van der Waals surface area contributed by atoms with Crippen molar-refractivity contribution < 1.29 is 4.79 Å². The van der Waals surface area contributed by atoms with E-state index in [1.807, 2.05) is 11.0 Å². The minimum atomic E-state index is 0.158. The summed E-state index contributed by atoms with van der Waals surface area (Å²) in [4.78, 5) is 13.7. The number of nitrogens with one attached hydrogen (secondary N) is 1. The molecule has 1 aromatic rings. The fraction of sp³-hybridized carbons (Fsp3) is 0.500. The van der Waals surface area contributed by atoms with Gasteiger partial charge in [-0.2, -0.15) is 0 Å². The highest BCUT2D eigenvalue weighted by Crippen LogP contribution is 2.39. The molecule has 17 heavy (non-hydrogen) atoms. The summed E-state index contributed by atoms with van der Waals surface area (Å²) in [6, 6.07) is 8.37. The maximum absolute atomic E-state index is 11.7. The number of para-hydroxylation sites is 1. The SMILES string of the molecule is CC(=O)N1CCC2CNCC2c2ccccc21. The molecule has 1 aromatic carbocycles. The van der Waals surface area contributed by atoms with Gasteiger partial charge in [0, 0.05) is 31.6 Å². The lowest BCUT2D eigenvalue weighted by molar-refractivity contribution is -0.116. The van der Waals surface area contributed by atoms with Crippen molar-refractivity contribution in [3.05, 3.63) is 29.8 Å². The summed E-state index contributed by atoms with van der Waals surface area (Å²) >= 11 is 0. The molecule has 2 unspecified atom stereocenters. The Labute approximate surface area is 102 Å². The second-order valence-corrected chi connectivity index (χ2v) is 5.04. The first-order valence-electron chi connectivity index (χ1n) is 6.35. The smallest absolute Gasteiger partial charge is 0.223 e. The summed E-state index contributed by atoms with van der Waals surface area (Å²) < 4.78 is 0. The number of anilines is 1. The highest BCUT2D eigenvalue weighted by atomic mass is 16.2. The van der Waals surface area contributed by atoms with Crippen molar-refractivity contribution in [3.63, 3.8) is 0 Å². The Morgan fingerprint density at radius 1 is 1.35 bits per heavy atom. The lowest BCUT2D eigenvalue weighted by atomic mass is 9.87. The average molecular weight is 230 g/mol. The van der Waals surface area contributed by atoms with Crippen LogP contribution in [0.2, 0.25) is 0 Å². The van der Waals surface area contributed by atoms with Gasteiger partial charge in [-0.1, -0.05) is 18.2 Å². The molecule has 2 atom stereocenters. The summed E-state index contributed by atoms with van der Waals surface area (Å²) in [5, 5.41) is 3.47. The second-order valence-electron chi connectivity index (χ2n) is 5.04. The molecule has 0 spiro atoms. The van der Waals surface area contributed by atoms with E-state index in [4.69, 9.17) is 0 Å². The molecule has 2 aliphatic heterocycles. The Balaban J connectivity index is 2.08. The maximum Gasteiger partial charge on any atom is 0.223 e. The van der Waals surface area contributed by atoms with Gasteiger partial charge in [0.1, 0.15) is 0 Å². The number of fused-ring (bicyclic) bond motifs is 3. The topological polar surface area (TPSA) is 32.3 Å². The normalized spacial score (nSPS) is 27.2. The molecule has 0 radical (unpaired) electrons. The zero-order valence-corrected chi connectivity index (χ0v) is 10.1. The standard InChI is InChI=1S/C14H18N2O/c1-10(17)16-7-6-11-8-15-9-13(11)12-4-2-3-5-14(12)16/h2-5,11,13,15H,6-9H2,1H3. The van der Waals surface area contributed by atoms with Gasteiger partial charge in [-0.3, -0.25) is 4.79 Å². The molecule has 0 aliphatic carbocycles. The third-order valence-electron chi connectivity index (χ3n) is 4.07. The van der Waals surface area contributed by atoms with Crippen LogP contribution in [-0.2, 0) is 4.79 Å². The van der Waals surface area contributed by atoms with Crippen LogP contribution in [0.4, 0.5) is 5.69 Å². The van der Waals surface area contributed by atoms with Crippen molar-refractivity contribution >= 4 is 11.6 Å². The average Bonchev–Trinajstić information content (AvgIpc) is 2.72. The van der Waals surface area contributed by atoms with E-state index in [2.05, 4.69) is 23.5 Å². The number of rotatable bonds is 0. The summed E-state index contributed by atoms with van der Waals surface area (Å²) in [7, 11) is 0. The van der Waals surface area contributed by atoms with E-state index in [1.165, 1.54) is 5.56 Å². The molecule has 3 nitrogen and oxygen atoms in total. The largest absolute Gasteiger partial charge is 0.316 e. The van der Waals surface area contributed by atoms with Crippen LogP contribution in [0.25, 0.3) is 0 Å². The Hall–Kier alpha value is -1.35. The van der Waals surface area contributed by atoms with Crippen LogP contribution >= 0.6 is 0 Å². The molecule has 0 aromatic heterocycles. The maximum atomic E-state index is 11.7. The lowest BCUT2D eigenvalue weighted by Crippen LogP contribution is -2.30. The molecule has 2 aliphatic rings. The van der Waals surface area contributed by atoms with Gasteiger partial charge in [0.15, 0.2) is 0 Å². The van der Waals surface area contributed by atoms with E-state index in [0.29, 0.717) is 11.8 Å². The molecule has 1 saturated heterocycles. The summed E-state index contributed by atoms with van der Waals surface area (Å²) in [5.41, 5.74) is 2.46. The Morgan fingerprint density at radius 2 is 2.18 bits per heavy atom. The van der Waals surface area contributed by atoms with Crippen LogP contribution < -0.4 is 10.2 Å². The van der Waals surface area contributed by atoms with Gasteiger partial charge in [-0.15, -0.1) is 0 Å².